The molecule has 0 N–H and O–H groups in total. The van der Waals surface area contributed by atoms with Crippen molar-refractivity contribution in [2.45, 2.75) is 123 Å². The van der Waals surface area contributed by atoms with Gasteiger partial charge >= 0.3 is 6.85 Å². The molecule has 1 aliphatic carbocycles. The Morgan fingerprint density at radius 2 is 1.12 bits per heavy atom. The predicted molar refractivity (Wildman–Crippen MR) is 307 cm³/mol. The molecule has 0 saturated heterocycles. The van der Waals surface area contributed by atoms with E-state index in [2.05, 4.69) is 255 Å². The zero-order chi connectivity index (χ0) is 50.0. The van der Waals surface area contributed by atoms with Crippen molar-refractivity contribution in [3.05, 3.63) is 191 Å². The molecule has 0 fully saturated rings. The van der Waals surface area contributed by atoms with Gasteiger partial charge in [0, 0.05) is 55.9 Å². The molecule has 0 bridgehead atoms. The van der Waals surface area contributed by atoms with Crippen LogP contribution < -0.4 is 25.5 Å². The second-order valence-electron chi connectivity index (χ2n) is 25.3. The number of hydrogen-bond acceptors (Lipinski definition) is 4. The second-order valence-corrected chi connectivity index (χ2v) is 25.3. The first kappa shape index (κ1) is 44.9. The highest BCUT2D eigenvalue weighted by atomic mass is 16.3. The summed E-state index contributed by atoms with van der Waals surface area (Å²) in [4.78, 5) is 7.82. The Morgan fingerprint density at radius 3 is 1.81 bits per heavy atom. The molecule has 0 radical (unpaired) electrons. The Hall–Kier alpha value is -6.98. The lowest BCUT2D eigenvalue weighted by Gasteiger charge is -2.51. The van der Waals surface area contributed by atoms with E-state index in [4.69, 9.17) is 4.42 Å². The van der Waals surface area contributed by atoms with Crippen molar-refractivity contribution < 1.29 is 4.42 Å². The average Bonchev–Trinajstić information content (AvgIpc) is 3.74. The van der Waals surface area contributed by atoms with Crippen LogP contribution in [-0.4, -0.2) is 6.85 Å². The van der Waals surface area contributed by atoms with Crippen molar-refractivity contribution in [1.29, 1.82) is 0 Å². The van der Waals surface area contributed by atoms with E-state index in [1.54, 1.807) is 0 Å². The largest absolute Gasteiger partial charge is 0.454 e. The van der Waals surface area contributed by atoms with E-state index in [0.29, 0.717) is 0 Å². The summed E-state index contributed by atoms with van der Waals surface area (Å²) in [6.07, 6.45) is 2.31. The number of rotatable bonds is 4. The normalized spacial score (nSPS) is 16.8. The van der Waals surface area contributed by atoms with Crippen molar-refractivity contribution in [3.8, 4) is 11.1 Å². The van der Waals surface area contributed by atoms with Crippen molar-refractivity contribution in [3.63, 3.8) is 0 Å². The van der Waals surface area contributed by atoms with Crippen molar-refractivity contribution in [2.75, 3.05) is 14.6 Å². The van der Waals surface area contributed by atoms with Gasteiger partial charge < -0.3 is 19.0 Å². The van der Waals surface area contributed by atoms with Crippen LogP contribution in [0.2, 0.25) is 0 Å². The quantitative estimate of drug-likeness (QED) is 0.164. The fourth-order valence-electron chi connectivity index (χ4n) is 13.2. The van der Waals surface area contributed by atoms with E-state index in [-0.39, 0.29) is 33.9 Å². The SMILES string of the molecule is CC(C)(C)c1ccc(N(c2ccc(C(C)(C)C)cc2)c2cc3c4c(c2)N2c5ccccc5C(C)(C)c5cccc(c52)B4N(c2ccc4c(c2)C(C)(C)CCC4(C)C)c2c-3ccc3c2oc2ccccc23)cc1. The number of fused-ring (bicyclic) bond motifs is 11. The molecule has 8 aromatic carbocycles. The molecule has 1 aromatic heterocycles. The van der Waals surface area contributed by atoms with Gasteiger partial charge in [-0.2, -0.15) is 0 Å². The summed E-state index contributed by atoms with van der Waals surface area (Å²) in [6, 6.07) is 60.6. The molecule has 4 nitrogen and oxygen atoms in total. The van der Waals surface area contributed by atoms with E-state index in [0.717, 1.165) is 51.1 Å². The van der Waals surface area contributed by atoms with E-state index < -0.39 is 0 Å². The minimum absolute atomic E-state index is 0.0187. The van der Waals surface area contributed by atoms with Crippen LogP contribution in [-0.2, 0) is 27.1 Å². The van der Waals surface area contributed by atoms with Gasteiger partial charge in [-0.15, -0.1) is 0 Å². The van der Waals surface area contributed by atoms with Gasteiger partial charge in [-0.25, -0.2) is 0 Å². The predicted octanol–water partition coefficient (Wildman–Crippen LogP) is 17.3. The lowest BCUT2D eigenvalue weighted by Crippen LogP contribution is -2.62. The molecule has 0 unspecified atom stereocenters. The van der Waals surface area contributed by atoms with Crippen LogP contribution in [0.25, 0.3) is 33.1 Å². The standard InChI is InChI=1S/C67H66BN3O/c1-63(2,3)41-24-28-43(29-25-41)69(44-30-26-42(27-31-44)64(4,5)6)46-38-50-48-33-34-49-47-18-13-16-23-58(47)72-62(49)60(48)71(45-32-35-51-54(39-45)66(9,10)37-36-65(51,7)8)68-55-21-17-20-53-61(55)70(57(40-46)59(50)68)56-22-15-14-19-52(56)67(53,11)12/h13-35,38-40H,36-37H2,1-12H3. The first-order valence-corrected chi connectivity index (χ1v) is 26.3. The van der Waals surface area contributed by atoms with Crippen LogP contribution in [0.1, 0.15) is 129 Å². The monoisotopic (exact) mass is 940 g/mol. The van der Waals surface area contributed by atoms with Crippen LogP contribution >= 0.6 is 0 Å². The van der Waals surface area contributed by atoms with E-state index in [9.17, 15) is 0 Å². The molecule has 4 aliphatic rings. The summed E-state index contributed by atoms with van der Waals surface area (Å²) in [6.45, 7) is 28.2. The molecule has 358 valence electrons. The number of anilines is 8. The summed E-state index contributed by atoms with van der Waals surface area (Å²) in [5.41, 5.74) is 24.3. The molecule has 72 heavy (non-hydrogen) atoms. The zero-order valence-electron chi connectivity index (χ0n) is 44.3. The lowest BCUT2D eigenvalue weighted by molar-refractivity contribution is 0.332. The molecule has 3 aliphatic heterocycles. The molecule has 0 spiro atoms. The van der Waals surface area contributed by atoms with Gasteiger partial charge in [0.25, 0.3) is 0 Å². The molecule has 0 saturated carbocycles. The molecule has 4 heterocycles. The zero-order valence-corrected chi connectivity index (χ0v) is 44.3. The molecule has 13 rings (SSSR count). The topological polar surface area (TPSA) is 22.9 Å². The average molecular weight is 940 g/mol. The van der Waals surface area contributed by atoms with Crippen molar-refractivity contribution in [2.24, 2.45) is 0 Å². The van der Waals surface area contributed by atoms with Gasteiger partial charge in [0.2, 0.25) is 0 Å². The van der Waals surface area contributed by atoms with Crippen LogP contribution in [0.4, 0.5) is 45.5 Å². The minimum atomic E-state index is -0.253. The van der Waals surface area contributed by atoms with Gasteiger partial charge in [0.15, 0.2) is 5.58 Å². The molecule has 9 aromatic rings. The van der Waals surface area contributed by atoms with Gasteiger partial charge in [-0.3, -0.25) is 0 Å². The number of furan rings is 1. The number of benzene rings is 8. The summed E-state index contributed by atoms with van der Waals surface area (Å²) in [5.74, 6) is 0. The number of nitrogens with zero attached hydrogens (tertiary/aromatic N) is 3. The van der Waals surface area contributed by atoms with E-state index in [1.165, 1.54) is 84.6 Å². The molecular formula is C67H66BN3O. The van der Waals surface area contributed by atoms with Gasteiger partial charge in [-0.05, 0) is 151 Å². The second kappa shape index (κ2) is 15.0. The van der Waals surface area contributed by atoms with Crippen molar-refractivity contribution >= 4 is 85.2 Å². The number of hydrogen-bond donors (Lipinski definition) is 0. The van der Waals surface area contributed by atoms with Crippen LogP contribution in [0.5, 0.6) is 0 Å². The van der Waals surface area contributed by atoms with Gasteiger partial charge in [0.05, 0.1) is 11.4 Å². The Kier molecular flexibility index (Phi) is 9.39. The Bertz CT molecular complexity index is 3650. The summed E-state index contributed by atoms with van der Waals surface area (Å²) in [5, 5.41) is 2.27. The highest BCUT2D eigenvalue weighted by molar-refractivity contribution is 6.94. The maximum Gasteiger partial charge on any atom is 0.333 e. The van der Waals surface area contributed by atoms with Crippen LogP contribution in [0.15, 0.2) is 162 Å². The summed E-state index contributed by atoms with van der Waals surface area (Å²) in [7, 11) is 0. The fraction of sp³-hybridized carbons (Fsp3) is 0.284. The Labute approximate surface area is 427 Å². The van der Waals surface area contributed by atoms with Crippen molar-refractivity contribution in [1.82, 2.24) is 0 Å². The summed E-state index contributed by atoms with van der Waals surface area (Å²) >= 11 is 0. The van der Waals surface area contributed by atoms with Crippen LogP contribution in [0, 0.1) is 0 Å². The van der Waals surface area contributed by atoms with E-state index >= 15 is 0 Å². The van der Waals surface area contributed by atoms with E-state index in [1.807, 2.05) is 0 Å². The number of para-hydroxylation sites is 3. The molecule has 0 amide bonds. The third kappa shape index (κ3) is 6.44. The lowest BCUT2D eigenvalue weighted by atomic mass is 9.42. The highest BCUT2D eigenvalue weighted by Crippen LogP contribution is 2.58. The third-order valence-corrected chi connectivity index (χ3v) is 17.4. The maximum atomic E-state index is 7.22. The smallest absolute Gasteiger partial charge is 0.333 e. The molecule has 5 heteroatoms. The third-order valence-electron chi connectivity index (χ3n) is 17.4. The fourth-order valence-corrected chi connectivity index (χ4v) is 13.2. The molecule has 0 atom stereocenters. The first-order chi connectivity index (χ1) is 34.2. The van der Waals surface area contributed by atoms with Crippen LogP contribution in [0.3, 0.4) is 0 Å². The minimum Gasteiger partial charge on any atom is -0.454 e. The Morgan fingerprint density at radius 1 is 0.500 bits per heavy atom. The van der Waals surface area contributed by atoms with Gasteiger partial charge in [0.1, 0.15) is 5.58 Å². The first-order valence-electron chi connectivity index (χ1n) is 26.3. The van der Waals surface area contributed by atoms with Gasteiger partial charge in [-0.1, -0.05) is 174 Å². The Balaban J connectivity index is 1.17. The summed E-state index contributed by atoms with van der Waals surface area (Å²) < 4.78 is 7.22. The molecular weight excluding hydrogens is 874 g/mol. The highest BCUT2D eigenvalue weighted by Gasteiger charge is 2.51. The maximum absolute atomic E-state index is 7.22.